The van der Waals surface area contributed by atoms with Gasteiger partial charge in [0.1, 0.15) is 11.7 Å². The molecule has 6 heteroatoms. The summed E-state index contributed by atoms with van der Waals surface area (Å²) in [5.74, 6) is 0. The Kier molecular flexibility index (Phi) is 2.62. The van der Waals surface area contributed by atoms with E-state index in [-0.39, 0.29) is 20.6 Å². The monoisotopic (exact) mass is 373 g/mol. The van der Waals surface area contributed by atoms with E-state index in [1.807, 2.05) is 6.07 Å². The van der Waals surface area contributed by atoms with Crippen LogP contribution >= 0.6 is 15.9 Å². The fourth-order valence-corrected chi connectivity index (χ4v) is 1.97. The number of rotatable bonds is 1. The van der Waals surface area contributed by atoms with Crippen LogP contribution in [0.3, 0.4) is 0 Å². The van der Waals surface area contributed by atoms with E-state index in [1.54, 1.807) is 0 Å². The summed E-state index contributed by atoms with van der Waals surface area (Å²) in [6, 6.07) is 5.49. The van der Waals surface area contributed by atoms with Gasteiger partial charge in [0.25, 0.3) is 0 Å². The van der Waals surface area contributed by atoms with Gasteiger partial charge in [0, 0.05) is 36.1 Å². The summed E-state index contributed by atoms with van der Waals surface area (Å²) >= 11 is 3.11. The first kappa shape index (κ1) is 8.78. The van der Waals surface area contributed by atoms with Crippen LogP contribution in [0.5, 0.6) is 0 Å². The Morgan fingerprint density at radius 1 is 1.36 bits per heavy atom. The molecule has 0 bridgehead atoms. The van der Waals surface area contributed by atoms with Gasteiger partial charge in [0.05, 0.1) is 16.5 Å². The number of carbonyl (C=O) groups excluding carboxylic acids is 1. The summed E-state index contributed by atoms with van der Waals surface area (Å²) in [7, 11) is 0. The summed E-state index contributed by atoms with van der Waals surface area (Å²) < 4.78 is 71.8. The number of halogens is 1. The molecule has 0 unspecified atom stereocenters. The van der Waals surface area contributed by atoms with Gasteiger partial charge in [-0.25, -0.2) is 4.79 Å². The molecule has 0 N–H and O–H groups in total. The summed E-state index contributed by atoms with van der Waals surface area (Å²) in [6.45, 7) is -8.76. The van der Waals surface area contributed by atoms with Gasteiger partial charge in [-0.3, -0.25) is 0 Å². The fourth-order valence-electron chi connectivity index (χ4n) is 1.52. The van der Waals surface area contributed by atoms with Crippen molar-refractivity contribution in [3.05, 3.63) is 28.2 Å². The molecule has 1 heterocycles. The van der Waals surface area contributed by atoms with E-state index in [1.165, 1.54) is 39.0 Å². The zero-order valence-electron chi connectivity index (χ0n) is 20.3. The lowest BCUT2D eigenvalue weighted by atomic mass is 10.2. The minimum Gasteiger partial charge on any atom is -0.444 e. The Hall–Kier alpha value is -1.74. The molecule has 1 aliphatic rings. The third-order valence-corrected chi connectivity index (χ3v) is 3.11. The Morgan fingerprint density at radius 3 is 2.50 bits per heavy atom. The van der Waals surface area contributed by atoms with Crippen molar-refractivity contribution in [1.29, 1.82) is 5.26 Å². The van der Waals surface area contributed by atoms with Crippen molar-refractivity contribution in [3.8, 4) is 6.07 Å². The van der Waals surface area contributed by atoms with E-state index < -0.39 is 37.7 Å². The van der Waals surface area contributed by atoms with Crippen molar-refractivity contribution in [2.75, 3.05) is 30.9 Å². The SMILES string of the molecule is [2H]C1([2H])N(C(=O)OC(C)(C)C)C([2H])([2H])C([2H])([2H])N(c2ccc(C#N)c(Br)c2)C1([2H])[2H]. The first-order valence-corrected chi connectivity index (χ1v) is 7.15. The lowest BCUT2D eigenvalue weighted by Gasteiger charge is -2.36. The smallest absolute Gasteiger partial charge is 0.410 e. The minimum absolute atomic E-state index is 0.165. The maximum Gasteiger partial charge on any atom is 0.410 e. The Morgan fingerprint density at radius 2 is 2.00 bits per heavy atom. The van der Waals surface area contributed by atoms with Crippen molar-refractivity contribution >= 4 is 27.7 Å². The molecule has 118 valence electrons. The van der Waals surface area contributed by atoms with Gasteiger partial charge in [-0.05, 0) is 54.9 Å². The van der Waals surface area contributed by atoms with Crippen molar-refractivity contribution in [1.82, 2.24) is 4.90 Å². The number of nitrogens with zero attached hydrogens (tertiary/aromatic N) is 3. The maximum atomic E-state index is 12.6. The average Bonchev–Trinajstić information content (AvgIpc) is 2.51. The van der Waals surface area contributed by atoms with E-state index >= 15 is 0 Å². The van der Waals surface area contributed by atoms with Gasteiger partial charge in [-0.15, -0.1) is 0 Å². The quantitative estimate of drug-likeness (QED) is 0.756. The van der Waals surface area contributed by atoms with Crippen LogP contribution in [-0.4, -0.2) is 42.6 Å². The molecular formula is C16H20BrN3O2. The van der Waals surface area contributed by atoms with E-state index in [0.717, 1.165) is 0 Å². The molecule has 22 heavy (non-hydrogen) atoms. The van der Waals surface area contributed by atoms with Crippen LogP contribution in [-0.2, 0) is 4.74 Å². The Balaban J connectivity index is 2.73. The number of ether oxygens (including phenoxy) is 1. The molecular weight excluding hydrogens is 346 g/mol. The molecule has 2 rings (SSSR count). The number of piperazine rings is 1. The molecule has 0 spiro atoms. The van der Waals surface area contributed by atoms with Crippen LogP contribution in [0.15, 0.2) is 22.7 Å². The zero-order valence-corrected chi connectivity index (χ0v) is 13.9. The highest BCUT2D eigenvalue weighted by atomic mass is 79.9. The van der Waals surface area contributed by atoms with E-state index in [4.69, 9.17) is 21.0 Å². The number of hydrogen-bond donors (Lipinski definition) is 0. The van der Waals surface area contributed by atoms with E-state index in [0.29, 0.717) is 4.90 Å². The van der Waals surface area contributed by atoms with Crippen LogP contribution in [0.2, 0.25) is 0 Å². The summed E-state index contributed by atoms with van der Waals surface area (Å²) in [4.78, 5) is 12.8. The Labute approximate surface area is 150 Å². The first-order chi connectivity index (χ1) is 13.3. The molecule has 0 aromatic heterocycles. The van der Waals surface area contributed by atoms with Crippen LogP contribution in [0.4, 0.5) is 10.5 Å². The normalized spacial score (nSPS) is 30.0. The van der Waals surface area contributed by atoms with Crippen LogP contribution in [0, 0.1) is 11.3 Å². The third-order valence-electron chi connectivity index (χ3n) is 2.45. The molecule has 1 saturated heterocycles. The lowest BCUT2D eigenvalue weighted by molar-refractivity contribution is 0.0240. The van der Waals surface area contributed by atoms with Crippen LogP contribution < -0.4 is 4.90 Å². The molecule has 5 nitrogen and oxygen atoms in total. The third kappa shape index (κ3) is 4.14. The molecule has 0 saturated carbocycles. The summed E-state index contributed by atoms with van der Waals surface area (Å²) in [5.41, 5.74) is -1.22. The first-order valence-electron chi connectivity index (χ1n) is 10.4. The van der Waals surface area contributed by atoms with Gasteiger partial charge in [0.15, 0.2) is 0 Å². The highest BCUT2D eigenvalue weighted by Crippen LogP contribution is 2.25. The highest BCUT2D eigenvalue weighted by molar-refractivity contribution is 9.10. The predicted octanol–water partition coefficient (Wildman–Crippen LogP) is 3.38. The number of carbonyl (C=O) groups is 1. The minimum atomic E-state index is -3.34. The Bertz CT molecular complexity index is 883. The molecule has 1 aromatic carbocycles. The summed E-state index contributed by atoms with van der Waals surface area (Å²) in [5, 5.41) is 9.06. The second-order valence-electron chi connectivity index (χ2n) is 5.37. The maximum absolute atomic E-state index is 12.6. The van der Waals surface area contributed by atoms with Crippen molar-refractivity contribution in [3.63, 3.8) is 0 Å². The number of anilines is 1. The largest absolute Gasteiger partial charge is 0.444 e. The number of benzene rings is 1. The molecule has 0 aliphatic carbocycles. The van der Waals surface area contributed by atoms with Crippen LogP contribution in [0.25, 0.3) is 0 Å². The molecule has 1 aromatic rings. The highest BCUT2D eigenvalue weighted by Gasteiger charge is 2.26. The fraction of sp³-hybridized carbons (Fsp3) is 0.500. The van der Waals surface area contributed by atoms with Crippen LogP contribution in [0.1, 0.15) is 37.3 Å². The predicted molar refractivity (Wildman–Crippen MR) is 88.9 cm³/mol. The number of amides is 1. The average molecular weight is 374 g/mol. The van der Waals surface area contributed by atoms with E-state index in [2.05, 4.69) is 15.9 Å². The van der Waals surface area contributed by atoms with Gasteiger partial charge in [-0.1, -0.05) is 0 Å². The van der Waals surface area contributed by atoms with Gasteiger partial charge in [0.2, 0.25) is 0 Å². The second-order valence-corrected chi connectivity index (χ2v) is 6.23. The van der Waals surface area contributed by atoms with Crippen molar-refractivity contribution in [2.24, 2.45) is 0 Å². The second kappa shape index (κ2) is 6.57. The molecule has 1 aliphatic heterocycles. The van der Waals surface area contributed by atoms with Crippen molar-refractivity contribution in [2.45, 2.75) is 26.4 Å². The molecule has 0 radical (unpaired) electrons. The molecule has 0 atom stereocenters. The van der Waals surface area contributed by atoms with Gasteiger partial charge < -0.3 is 14.5 Å². The van der Waals surface area contributed by atoms with Crippen molar-refractivity contribution < 1.29 is 20.5 Å². The van der Waals surface area contributed by atoms with Gasteiger partial charge >= 0.3 is 6.09 Å². The summed E-state index contributed by atoms with van der Waals surface area (Å²) in [6.07, 6.45) is -1.54. The zero-order chi connectivity index (χ0) is 23.5. The lowest BCUT2D eigenvalue weighted by Crippen LogP contribution is -2.50. The molecule has 1 fully saturated rings. The number of hydrogen-bond acceptors (Lipinski definition) is 4. The topological polar surface area (TPSA) is 56.6 Å². The standard InChI is InChI=1S/C16H20BrN3O2/c1-16(2,3)22-15(21)20-8-6-19(7-9-20)13-5-4-12(11-18)14(17)10-13/h4-5,10H,6-9H2,1-3H3/i6D2,7D2,8D2,9D2. The van der Waals surface area contributed by atoms with Gasteiger partial charge in [-0.2, -0.15) is 5.26 Å². The number of nitriles is 1. The molecule has 1 amide bonds. The van der Waals surface area contributed by atoms with E-state index in [9.17, 15) is 4.79 Å².